The van der Waals surface area contributed by atoms with E-state index in [2.05, 4.69) is 15.4 Å². The van der Waals surface area contributed by atoms with Gasteiger partial charge in [0.05, 0.1) is 5.69 Å². The van der Waals surface area contributed by atoms with Crippen LogP contribution in [0.5, 0.6) is 5.75 Å². The van der Waals surface area contributed by atoms with Crippen LogP contribution >= 0.6 is 0 Å². The van der Waals surface area contributed by atoms with Crippen molar-refractivity contribution in [2.75, 3.05) is 6.61 Å². The Morgan fingerprint density at radius 3 is 2.46 bits per heavy atom. The highest BCUT2D eigenvalue weighted by Crippen LogP contribution is 2.19. The number of halogens is 3. The molecule has 0 unspecified atom stereocenters. The van der Waals surface area contributed by atoms with Gasteiger partial charge in [-0.25, -0.2) is 9.67 Å². The lowest BCUT2D eigenvalue weighted by Crippen LogP contribution is -2.19. The molecule has 3 rings (SSSR count). The van der Waals surface area contributed by atoms with Gasteiger partial charge in [0, 0.05) is 25.0 Å². The number of hydrogen-bond acceptors (Lipinski definition) is 4. The fourth-order valence-corrected chi connectivity index (χ4v) is 2.77. The number of pyridine rings is 1. The lowest BCUT2D eigenvalue weighted by molar-refractivity contribution is -0.153. The molecule has 0 fully saturated rings. The summed E-state index contributed by atoms with van der Waals surface area (Å²) in [6.07, 6.45) is -2.57. The Morgan fingerprint density at radius 2 is 1.82 bits per heavy atom. The van der Waals surface area contributed by atoms with Crippen LogP contribution in [0.25, 0.3) is 5.82 Å². The maximum absolute atomic E-state index is 12.2. The third kappa shape index (κ3) is 5.56. The Kier molecular flexibility index (Phi) is 5.99. The first-order valence-corrected chi connectivity index (χ1v) is 8.78. The molecule has 0 atom stereocenters. The molecule has 0 aliphatic carbocycles. The summed E-state index contributed by atoms with van der Waals surface area (Å²) in [6, 6.07) is 12.5. The Hall–Kier alpha value is -2.87. The lowest BCUT2D eigenvalue weighted by Gasteiger charge is -2.11. The molecule has 0 spiro atoms. The highest BCUT2D eigenvalue weighted by molar-refractivity contribution is 5.29. The number of rotatable bonds is 7. The van der Waals surface area contributed by atoms with Crippen LogP contribution in [0.3, 0.4) is 0 Å². The molecule has 0 aliphatic rings. The minimum absolute atomic E-state index is 0.201. The van der Waals surface area contributed by atoms with Gasteiger partial charge >= 0.3 is 6.18 Å². The molecule has 8 heteroatoms. The highest BCUT2D eigenvalue weighted by atomic mass is 19.4. The fraction of sp³-hybridized carbons (Fsp3) is 0.300. The smallest absolute Gasteiger partial charge is 0.422 e. The molecule has 0 radical (unpaired) electrons. The molecule has 0 bridgehead atoms. The molecule has 3 aromatic rings. The minimum Gasteiger partial charge on any atom is -0.484 e. The molecule has 1 aromatic carbocycles. The van der Waals surface area contributed by atoms with Crippen LogP contribution in [0.2, 0.25) is 0 Å². The van der Waals surface area contributed by atoms with Crippen molar-refractivity contribution < 1.29 is 17.9 Å². The van der Waals surface area contributed by atoms with E-state index in [-0.39, 0.29) is 5.75 Å². The number of aromatic nitrogens is 3. The van der Waals surface area contributed by atoms with Gasteiger partial charge in [-0.15, -0.1) is 0 Å². The van der Waals surface area contributed by atoms with E-state index in [9.17, 15) is 13.2 Å². The summed E-state index contributed by atoms with van der Waals surface area (Å²) in [4.78, 5) is 4.44. The van der Waals surface area contributed by atoms with E-state index in [1.807, 2.05) is 38.1 Å². The molecule has 5 nitrogen and oxygen atoms in total. The van der Waals surface area contributed by atoms with Gasteiger partial charge in [-0.1, -0.05) is 18.2 Å². The Morgan fingerprint density at radius 1 is 1.04 bits per heavy atom. The molecule has 0 saturated heterocycles. The number of hydrogen-bond donors (Lipinski definition) is 1. The number of nitrogens with one attached hydrogen (secondary N) is 1. The van der Waals surface area contributed by atoms with E-state index in [4.69, 9.17) is 4.74 Å². The van der Waals surface area contributed by atoms with Gasteiger partial charge in [0.15, 0.2) is 12.4 Å². The minimum atomic E-state index is -4.35. The first-order valence-electron chi connectivity index (χ1n) is 8.78. The predicted octanol–water partition coefficient (Wildman–Crippen LogP) is 4.12. The average molecular weight is 390 g/mol. The average Bonchev–Trinajstić information content (AvgIpc) is 2.99. The van der Waals surface area contributed by atoms with Crippen molar-refractivity contribution in [2.45, 2.75) is 33.1 Å². The van der Waals surface area contributed by atoms with Crippen LogP contribution in [0, 0.1) is 13.8 Å². The zero-order valence-electron chi connectivity index (χ0n) is 15.6. The standard InChI is InChI=1S/C20H21F3N4O/c1-14-8-15(2)27(26-14)19-7-6-17(12-25-19)11-24-10-16-4-3-5-18(9-16)28-13-20(21,22)23/h3-9,12,24H,10-11,13H2,1-2H3. The predicted molar refractivity (Wildman–Crippen MR) is 99.4 cm³/mol. The molecule has 148 valence electrons. The van der Waals surface area contributed by atoms with Gasteiger partial charge in [-0.2, -0.15) is 18.3 Å². The van der Waals surface area contributed by atoms with Crippen LogP contribution in [0.15, 0.2) is 48.7 Å². The van der Waals surface area contributed by atoms with Crippen LogP contribution in [0.4, 0.5) is 13.2 Å². The zero-order chi connectivity index (χ0) is 20.1. The third-order valence-electron chi connectivity index (χ3n) is 3.99. The summed E-state index contributed by atoms with van der Waals surface area (Å²) >= 11 is 0. The maximum Gasteiger partial charge on any atom is 0.422 e. The molecular weight excluding hydrogens is 369 g/mol. The summed E-state index contributed by atoms with van der Waals surface area (Å²) in [5.74, 6) is 0.955. The van der Waals surface area contributed by atoms with E-state index >= 15 is 0 Å². The SMILES string of the molecule is Cc1cc(C)n(-c2ccc(CNCc3cccc(OCC(F)(F)F)c3)cn2)n1. The second-order valence-electron chi connectivity index (χ2n) is 6.52. The molecule has 2 heterocycles. The summed E-state index contributed by atoms with van der Waals surface area (Å²) in [7, 11) is 0. The van der Waals surface area contributed by atoms with Crippen LogP contribution in [-0.2, 0) is 13.1 Å². The van der Waals surface area contributed by atoms with Crippen LogP contribution in [-0.4, -0.2) is 27.5 Å². The molecule has 2 aromatic heterocycles. The zero-order valence-corrected chi connectivity index (χ0v) is 15.6. The van der Waals surface area contributed by atoms with Crippen LogP contribution < -0.4 is 10.1 Å². The molecule has 28 heavy (non-hydrogen) atoms. The summed E-state index contributed by atoms with van der Waals surface area (Å²) in [5, 5.41) is 7.66. The van der Waals surface area contributed by atoms with Crippen molar-refractivity contribution in [3.05, 3.63) is 71.2 Å². The van der Waals surface area contributed by atoms with Crippen molar-refractivity contribution >= 4 is 0 Å². The molecule has 1 N–H and O–H groups in total. The van der Waals surface area contributed by atoms with E-state index in [1.54, 1.807) is 23.0 Å². The van der Waals surface area contributed by atoms with Crippen molar-refractivity contribution in [2.24, 2.45) is 0 Å². The maximum atomic E-state index is 12.2. The highest BCUT2D eigenvalue weighted by Gasteiger charge is 2.28. The second-order valence-corrected chi connectivity index (χ2v) is 6.52. The monoisotopic (exact) mass is 390 g/mol. The van der Waals surface area contributed by atoms with E-state index in [1.165, 1.54) is 6.07 Å². The van der Waals surface area contributed by atoms with Crippen molar-refractivity contribution in [1.82, 2.24) is 20.1 Å². The normalized spacial score (nSPS) is 11.6. The number of alkyl halides is 3. The quantitative estimate of drug-likeness (QED) is 0.660. The topological polar surface area (TPSA) is 52.0 Å². The van der Waals surface area contributed by atoms with Crippen molar-refractivity contribution in [3.63, 3.8) is 0 Å². The van der Waals surface area contributed by atoms with E-state index in [0.717, 1.165) is 28.3 Å². The summed E-state index contributed by atoms with van der Waals surface area (Å²) < 4.78 is 43.3. The van der Waals surface area contributed by atoms with Crippen molar-refractivity contribution in [3.8, 4) is 11.6 Å². The Balaban J connectivity index is 1.53. The Bertz CT molecular complexity index is 920. The number of ether oxygens (including phenoxy) is 1. The van der Waals surface area contributed by atoms with Crippen LogP contribution in [0.1, 0.15) is 22.5 Å². The lowest BCUT2D eigenvalue weighted by atomic mass is 10.2. The third-order valence-corrected chi connectivity index (χ3v) is 3.99. The summed E-state index contributed by atoms with van der Waals surface area (Å²) in [6.45, 7) is 3.70. The van der Waals surface area contributed by atoms with E-state index in [0.29, 0.717) is 13.1 Å². The second kappa shape index (κ2) is 8.43. The van der Waals surface area contributed by atoms with Gasteiger partial charge in [-0.05, 0) is 49.2 Å². The number of benzene rings is 1. The van der Waals surface area contributed by atoms with Gasteiger partial charge in [-0.3, -0.25) is 0 Å². The van der Waals surface area contributed by atoms with Gasteiger partial charge in [0.2, 0.25) is 0 Å². The molecule has 0 saturated carbocycles. The first kappa shape index (κ1) is 19.9. The Labute approximate surface area is 161 Å². The molecular formula is C20H21F3N4O. The van der Waals surface area contributed by atoms with Crippen molar-refractivity contribution in [1.29, 1.82) is 0 Å². The van der Waals surface area contributed by atoms with E-state index < -0.39 is 12.8 Å². The van der Waals surface area contributed by atoms with Gasteiger partial charge in [0.25, 0.3) is 0 Å². The first-order chi connectivity index (χ1) is 13.3. The number of nitrogens with zero attached hydrogens (tertiary/aromatic N) is 3. The van der Waals surface area contributed by atoms with Gasteiger partial charge < -0.3 is 10.1 Å². The van der Waals surface area contributed by atoms with Gasteiger partial charge in [0.1, 0.15) is 5.75 Å². The number of aryl methyl sites for hydroxylation is 2. The largest absolute Gasteiger partial charge is 0.484 e. The fourth-order valence-electron chi connectivity index (χ4n) is 2.77. The summed E-state index contributed by atoms with van der Waals surface area (Å²) in [5.41, 5.74) is 3.79. The molecule has 0 amide bonds. The molecule has 0 aliphatic heterocycles.